The summed E-state index contributed by atoms with van der Waals surface area (Å²) in [6.07, 6.45) is 3.81. The molecule has 0 spiro atoms. The lowest BCUT2D eigenvalue weighted by Gasteiger charge is -2.19. The van der Waals surface area contributed by atoms with Crippen LogP contribution >= 0.6 is 0 Å². The molecule has 2 nitrogen and oxygen atoms in total. The van der Waals surface area contributed by atoms with Gasteiger partial charge in [-0.15, -0.1) is 0 Å². The second-order valence-corrected chi connectivity index (χ2v) is 13.4. The highest BCUT2D eigenvalue weighted by molar-refractivity contribution is 6.22. The molecule has 1 heterocycles. The van der Waals surface area contributed by atoms with Gasteiger partial charge in [0.15, 0.2) is 5.82 Å². The summed E-state index contributed by atoms with van der Waals surface area (Å²) >= 11 is 0. The van der Waals surface area contributed by atoms with E-state index in [9.17, 15) is 0 Å². The van der Waals surface area contributed by atoms with Crippen molar-refractivity contribution in [1.29, 1.82) is 0 Å². The molecule has 0 saturated heterocycles. The number of aromatic nitrogens is 2. The number of nitrogens with zero attached hydrogens (tertiary/aromatic N) is 2. The first kappa shape index (κ1) is 30.0. The number of rotatable bonds is 5. The molecule has 10 rings (SSSR count). The van der Waals surface area contributed by atoms with E-state index in [2.05, 4.69) is 164 Å². The van der Waals surface area contributed by atoms with Crippen LogP contribution in [0, 0.1) is 0 Å². The Bertz CT molecular complexity index is 2930. The van der Waals surface area contributed by atoms with Crippen molar-refractivity contribution in [3.8, 4) is 55.9 Å². The van der Waals surface area contributed by atoms with Crippen LogP contribution in [0.3, 0.4) is 0 Å². The maximum atomic E-state index is 4.71. The van der Waals surface area contributed by atoms with Crippen molar-refractivity contribution < 1.29 is 0 Å². The Morgan fingerprint density at radius 1 is 0.250 bits per heavy atom. The van der Waals surface area contributed by atoms with Gasteiger partial charge in [-0.05, 0) is 100 Å². The van der Waals surface area contributed by atoms with Gasteiger partial charge < -0.3 is 0 Å². The lowest BCUT2D eigenvalue weighted by Crippen LogP contribution is -1.92. The van der Waals surface area contributed by atoms with E-state index in [1.54, 1.807) is 0 Å². The Morgan fingerprint density at radius 3 is 1.31 bits per heavy atom. The Labute approximate surface area is 302 Å². The third kappa shape index (κ3) is 5.21. The highest BCUT2D eigenvalue weighted by Crippen LogP contribution is 2.45. The van der Waals surface area contributed by atoms with Gasteiger partial charge in [0.2, 0.25) is 0 Å². The minimum atomic E-state index is 0.717. The molecule has 10 aromatic rings. The van der Waals surface area contributed by atoms with Crippen LogP contribution in [0.5, 0.6) is 0 Å². The van der Waals surface area contributed by atoms with E-state index in [0.29, 0.717) is 0 Å². The molecule has 0 radical (unpaired) electrons. The van der Waals surface area contributed by atoms with Gasteiger partial charge in [-0.3, -0.25) is 0 Å². The maximum absolute atomic E-state index is 4.71. The Hall–Kier alpha value is -6.90. The van der Waals surface area contributed by atoms with Crippen LogP contribution in [0.4, 0.5) is 0 Å². The van der Waals surface area contributed by atoms with Gasteiger partial charge in [0, 0.05) is 23.5 Å². The predicted octanol–water partition coefficient (Wildman–Crippen LogP) is 13.4. The van der Waals surface area contributed by atoms with Crippen molar-refractivity contribution in [1.82, 2.24) is 9.97 Å². The Balaban J connectivity index is 1.15. The fraction of sp³-hybridized carbons (Fsp3) is 0. The summed E-state index contributed by atoms with van der Waals surface area (Å²) < 4.78 is 0. The van der Waals surface area contributed by atoms with Crippen LogP contribution in [-0.4, -0.2) is 9.97 Å². The lowest BCUT2D eigenvalue weighted by molar-refractivity contribution is 1.18. The quantitative estimate of drug-likeness (QED) is 0.172. The van der Waals surface area contributed by atoms with Crippen LogP contribution < -0.4 is 0 Å². The van der Waals surface area contributed by atoms with Crippen molar-refractivity contribution in [2.45, 2.75) is 0 Å². The zero-order chi connectivity index (χ0) is 34.4. The zero-order valence-corrected chi connectivity index (χ0v) is 28.4. The number of hydrogen-bond donors (Lipinski definition) is 0. The molecule has 0 fully saturated rings. The molecule has 52 heavy (non-hydrogen) atoms. The third-order valence-corrected chi connectivity index (χ3v) is 10.3. The summed E-state index contributed by atoms with van der Waals surface area (Å²) in [6.45, 7) is 0. The van der Waals surface area contributed by atoms with Crippen LogP contribution in [0.2, 0.25) is 0 Å². The summed E-state index contributed by atoms with van der Waals surface area (Å²) in [7, 11) is 0. The minimum absolute atomic E-state index is 0.717. The van der Waals surface area contributed by atoms with Gasteiger partial charge in [0.1, 0.15) is 0 Å². The molecule has 0 bridgehead atoms. The van der Waals surface area contributed by atoms with Gasteiger partial charge in [-0.2, -0.15) is 0 Å². The van der Waals surface area contributed by atoms with Crippen molar-refractivity contribution in [3.05, 3.63) is 194 Å². The van der Waals surface area contributed by atoms with Crippen molar-refractivity contribution in [3.63, 3.8) is 0 Å². The standard InChI is InChI=1S/C50H32N2/c1-2-10-33(11-3-1)43-31-51-50(52-32-43)37-22-18-36(19-23-37)40-26-27-46-47(30-40)49(42-25-21-35-13-5-7-15-39(35)29-42)45-17-9-8-16-44(45)48(46)41-24-20-34-12-4-6-14-38(34)28-41/h1-32H. The van der Waals surface area contributed by atoms with E-state index in [1.165, 1.54) is 70.9 Å². The molecular weight excluding hydrogens is 629 g/mol. The number of benzene rings is 9. The van der Waals surface area contributed by atoms with E-state index in [1.807, 2.05) is 30.6 Å². The molecule has 1 aromatic heterocycles. The normalized spacial score (nSPS) is 11.5. The second-order valence-electron chi connectivity index (χ2n) is 13.4. The summed E-state index contributed by atoms with van der Waals surface area (Å²) in [5.74, 6) is 0.717. The van der Waals surface area contributed by atoms with Gasteiger partial charge >= 0.3 is 0 Å². The second kappa shape index (κ2) is 12.5. The van der Waals surface area contributed by atoms with Crippen LogP contribution in [0.1, 0.15) is 0 Å². The molecule has 0 amide bonds. The SMILES string of the molecule is c1ccc(-c2cnc(-c3ccc(-c4ccc5c(-c6ccc7ccccc7c6)c6ccccc6c(-c6ccc7ccccc7c6)c5c4)cc3)nc2)cc1. The summed E-state index contributed by atoms with van der Waals surface area (Å²) in [4.78, 5) is 9.42. The Kier molecular flexibility index (Phi) is 7.18. The fourth-order valence-electron chi connectivity index (χ4n) is 7.74. The van der Waals surface area contributed by atoms with Crippen molar-refractivity contribution in [2.75, 3.05) is 0 Å². The number of fused-ring (bicyclic) bond motifs is 4. The smallest absolute Gasteiger partial charge is 0.159 e. The highest BCUT2D eigenvalue weighted by atomic mass is 14.9. The first-order valence-electron chi connectivity index (χ1n) is 17.7. The van der Waals surface area contributed by atoms with E-state index in [4.69, 9.17) is 9.97 Å². The molecule has 0 saturated carbocycles. The maximum Gasteiger partial charge on any atom is 0.159 e. The number of hydrogen-bond acceptors (Lipinski definition) is 2. The average Bonchev–Trinajstić information content (AvgIpc) is 3.22. The summed E-state index contributed by atoms with van der Waals surface area (Å²) in [5, 5.41) is 9.94. The molecule has 9 aromatic carbocycles. The molecule has 2 heteroatoms. The van der Waals surface area contributed by atoms with E-state index in [-0.39, 0.29) is 0 Å². The average molecular weight is 661 g/mol. The van der Waals surface area contributed by atoms with Gasteiger partial charge in [-0.1, -0.05) is 164 Å². The van der Waals surface area contributed by atoms with Crippen molar-refractivity contribution in [2.24, 2.45) is 0 Å². The van der Waals surface area contributed by atoms with E-state index >= 15 is 0 Å². The minimum Gasteiger partial charge on any atom is -0.236 e. The highest BCUT2D eigenvalue weighted by Gasteiger charge is 2.18. The predicted molar refractivity (Wildman–Crippen MR) is 219 cm³/mol. The van der Waals surface area contributed by atoms with Crippen LogP contribution in [0.25, 0.3) is 99.0 Å². The van der Waals surface area contributed by atoms with Crippen molar-refractivity contribution >= 4 is 43.1 Å². The monoisotopic (exact) mass is 660 g/mol. The molecule has 0 N–H and O–H groups in total. The fourth-order valence-corrected chi connectivity index (χ4v) is 7.74. The largest absolute Gasteiger partial charge is 0.236 e. The van der Waals surface area contributed by atoms with E-state index < -0.39 is 0 Å². The first-order valence-corrected chi connectivity index (χ1v) is 17.7. The molecular formula is C50H32N2. The first-order chi connectivity index (χ1) is 25.8. The topological polar surface area (TPSA) is 25.8 Å². The van der Waals surface area contributed by atoms with Gasteiger partial charge in [0.25, 0.3) is 0 Å². The summed E-state index contributed by atoms with van der Waals surface area (Å²) in [6, 6.07) is 65.7. The van der Waals surface area contributed by atoms with Gasteiger partial charge in [-0.25, -0.2) is 9.97 Å². The zero-order valence-electron chi connectivity index (χ0n) is 28.4. The van der Waals surface area contributed by atoms with Crippen LogP contribution in [0.15, 0.2) is 194 Å². The lowest BCUT2D eigenvalue weighted by atomic mass is 9.84. The Morgan fingerprint density at radius 2 is 0.692 bits per heavy atom. The molecule has 0 unspecified atom stereocenters. The third-order valence-electron chi connectivity index (χ3n) is 10.3. The molecule has 0 aliphatic heterocycles. The molecule has 0 aliphatic carbocycles. The molecule has 0 aliphatic rings. The van der Waals surface area contributed by atoms with Gasteiger partial charge in [0.05, 0.1) is 0 Å². The molecule has 242 valence electrons. The van der Waals surface area contributed by atoms with E-state index in [0.717, 1.165) is 28.1 Å². The summed E-state index contributed by atoms with van der Waals surface area (Å²) in [5.41, 5.74) is 10.4. The van der Waals surface area contributed by atoms with Crippen LogP contribution in [-0.2, 0) is 0 Å². The molecule has 0 atom stereocenters.